The van der Waals surface area contributed by atoms with Gasteiger partial charge in [0.1, 0.15) is 0 Å². The minimum Gasteiger partial charge on any atom is -0.388 e. The summed E-state index contributed by atoms with van der Waals surface area (Å²) in [4.78, 5) is 15.5. The molecule has 2 fully saturated rings. The number of rotatable bonds is 14. The van der Waals surface area contributed by atoms with Crippen LogP contribution in [0, 0.1) is 0 Å². The molecule has 40 heavy (non-hydrogen) atoms. The Morgan fingerprint density at radius 2 is 0.975 bits per heavy atom. The Hall–Kier alpha value is -0.320. The minimum atomic E-state index is -0.878. The summed E-state index contributed by atoms with van der Waals surface area (Å²) in [5.74, 6) is 0. The first-order chi connectivity index (χ1) is 18.0. The van der Waals surface area contributed by atoms with Crippen LogP contribution < -0.4 is 5.73 Å². The molecule has 2 aliphatic heterocycles. The summed E-state index contributed by atoms with van der Waals surface area (Å²) in [5, 5.41) is 25.1. The molecular weight excluding hydrogens is 504 g/mol. The second-order valence-electron chi connectivity index (χ2n) is 16.6. The Morgan fingerprint density at radius 3 is 1.27 bits per heavy atom. The van der Waals surface area contributed by atoms with Crippen molar-refractivity contribution in [3.05, 3.63) is 0 Å². The lowest BCUT2D eigenvalue weighted by molar-refractivity contribution is -0.312. The Kier molecular flexibility index (Phi) is 11.8. The van der Waals surface area contributed by atoms with Crippen LogP contribution in [0.2, 0.25) is 0 Å². The van der Waals surface area contributed by atoms with E-state index in [1.165, 1.54) is 19.3 Å². The molecule has 238 valence electrons. The second kappa shape index (κ2) is 13.1. The molecule has 0 atom stereocenters. The number of aliphatic hydroxyl groups is 2. The van der Waals surface area contributed by atoms with Gasteiger partial charge in [-0.1, -0.05) is 12.8 Å². The number of unbranched alkanes of at least 4 members (excludes halogenated alkanes) is 3. The first-order valence-electron chi connectivity index (χ1n) is 15.8. The lowest BCUT2D eigenvalue weighted by Gasteiger charge is -2.60. The topological polar surface area (TPSA) is 94.7 Å². The maximum absolute atomic E-state index is 10.4. The van der Waals surface area contributed by atoms with Crippen molar-refractivity contribution in [2.45, 2.75) is 180 Å². The van der Waals surface area contributed by atoms with Crippen molar-refractivity contribution in [2.75, 3.05) is 26.3 Å². The average Bonchev–Trinajstić information content (AvgIpc) is 2.71. The van der Waals surface area contributed by atoms with E-state index in [9.17, 15) is 10.2 Å². The van der Waals surface area contributed by atoms with Gasteiger partial charge in [0.2, 0.25) is 0 Å². The van der Waals surface area contributed by atoms with Gasteiger partial charge in [0.25, 0.3) is 0 Å². The third kappa shape index (κ3) is 10.1. The zero-order chi connectivity index (χ0) is 30.8. The molecule has 8 heteroatoms. The zero-order valence-electron chi connectivity index (χ0n) is 28.3. The molecule has 0 spiro atoms. The fraction of sp³-hybridized carbons (Fsp3) is 1.00. The fourth-order valence-corrected chi connectivity index (χ4v) is 7.49. The predicted molar refractivity (Wildman–Crippen MR) is 165 cm³/mol. The molecule has 8 nitrogen and oxygen atoms in total. The quantitative estimate of drug-likeness (QED) is 0.244. The summed E-state index contributed by atoms with van der Waals surface area (Å²) < 4.78 is 0. The van der Waals surface area contributed by atoms with Gasteiger partial charge in [-0.05, 0) is 135 Å². The zero-order valence-corrected chi connectivity index (χ0v) is 28.3. The van der Waals surface area contributed by atoms with Crippen molar-refractivity contribution in [3.8, 4) is 0 Å². The van der Waals surface area contributed by atoms with Gasteiger partial charge >= 0.3 is 0 Å². The van der Waals surface area contributed by atoms with Crippen LogP contribution in [-0.4, -0.2) is 97.0 Å². The van der Waals surface area contributed by atoms with E-state index in [0.717, 1.165) is 45.2 Å². The standard InChI is InChI=1S/C32H66N4O4/c1-27(2)19-25(20-28(3,4)35(27)39-23-31(9,10)37)34(18-16-14-13-15-17-33)26-21-29(5,6)36(30(7,8)22-26)40-24-32(11,12)38/h25-26,37-38H,13-24,33H2,1-12H3. The van der Waals surface area contributed by atoms with E-state index in [2.05, 4.69) is 70.4 Å². The fourth-order valence-electron chi connectivity index (χ4n) is 7.49. The molecule has 0 aromatic heterocycles. The normalized spacial score (nSPS) is 24.6. The van der Waals surface area contributed by atoms with E-state index in [1.807, 2.05) is 0 Å². The molecule has 2 rings (SSSR count). The van der Waals surface area contributed by atoms with Crippen LogP contribution in [0.3, 0.4) is 0 Å². The highest BCUT2D eigenvalue weighted by atomic mass is 16.7. The van der Waals surface area contributed by atoms with E-state index >= 15 is 0 Å². The summed E-state index contributed by atoms with van der Waals surface area (Å²) in [6.07, 6.45) is 8.66. The number of hydrogen-bond acceptors (Lipinski definition) is 8. The smallest absolute Gasteiger partial charge is 0.0967 e. The van der Waals surface area contributed by atoms with Crippen LogP contribution in [-0.2, 0) is 9.68 Å². The molecule has 0 aromatic carbocycles. The number of nitrogens with two attached hydrogens (primary N) is 1. The third-order valence-corrected chi connectivity index (χ3v) is 8.54. The molecule has 0 saturated carbocycles. The average molecular weight is 571 g/mol. The molecule has 2 saturated heterocycles. The summed E-state index contributed by atoms with van der Waals surface area (Å²) >= 11 is 0. The van der Waals surface area contributed by atoms with Crippen molar-refractivity contribution in [1.29, 1.82) is 0 Å². The van der Waals surface area contributed by atoms with Gasteiger partial charge in [0.05, 0.1) is 24.4 Å². The lowest BCUT2D eigenvalue weighted by atomic mass is 9.74. The Balaban J connectivity index is 2.33. The number of hydroxylamine groups is 4. The van der Waals surface area contributed by atoms with Gasteiger partial charge in [-0.2, -0.15) is 10.1 Å². The molecule has 0 unspecified atom stereocenters. The number of hydrogen-bond donors (Lipinski definition) is 3. The summed E-state index contributed by atoms with van der Waals surface area (Å²) in [6.45, 7) is 27.9. The van der Waals surface area contributed by atoms with Gasteiger partial charge in [0, 0.05) is 34.2 Å². The van der Waals surface area contributed by atoms with Gasteiger partial charge in [-0.3, -0.25) is 14.6 Å². The number of piperidine rings is 2. The van der Waals surface area contributed by atoms with Crippen LogP contribution in [0.1, 0.15) is 134 Å². The maximum Gasteiger partial charge on any atom is 0.0967 e. The van der Waals surface area contributed by atoms with E-state index in [-0.39, 0.29) is 35.4 Å². The minimum absolute atomic E-state index is 0.184. The van der Waals surface area contributed by atoms with Gasteiger partial charge < -0.3 is 15.9 Å². The molecule has 0 amide bonds. The summed E-state index contributed by atoms with van der Waals surface area (Å²) in [7, 11) is 0. The molecule has 2 heterocycles. The molecule has 0 bridgehead atoms. The highest BCUT2D eigenvalue weighted by Crippen LogP contribution is 2.45. The molecular formula is C32H66N4O4. The highest BCUT2D eigenvalue weighted by Gasteiger charge is 2.53. The monoisotopic (exact) mass is 571 g/mol. The van der Waals surface area contributed by atoms with Crippen LogP contribution in [0.25, 0.3) is 0 Å². The maximum atomic E-state index is 10.4. The van der Waals surface area contributed by atoms with E-state index in [4.69, 9.17) is 15.4 Å². The van der Waals surface area contributed by atoms with Crippen molar-refractivity contribution in [3.63, 3.8) is 0 Å². The van der Waals surface area contributed by atoms with Crippen molar-refractivity contribution in [2.24, 2.45) is 5.73 Å². The first kappa shape index (κ1) is 35.9. The highest BCUT2D eigenvalue weighted by molar-refractivity contribution is 5.05. The Bertz CT molecular complexity index is 691. The predicted octanol–water partition coefficient (Wildman–Crippen LogP) is 5.26. The van der Waals surface area contributed by atoms with E-state index in [1.54, 1.807) is 27.7 Å². The van der Waals surface area contributed by atoms with Gasteiger partial charge in [0.15, 0.2) is 0 Å². The van der Waals surface area contributed by atoms with E-state index in [0.29, 0.717) is 12.1 Å². The molecule has 2 aliphatic rings. The summed E-state index contributed by atoms with van der Waals surface area (Å²) in [5.41, 5.74) is 3.29. The van der Waals surface area contributed by atoms with Crippen molar-refractivity contribution < 1.29 is 19.9 Å². The molecule has 0 aromatic rings. The lowest BCUT2D eigenvalue weighted by Crippen LogP contribution is -2.68. The Labute approximate surface area is 246 Å². The third-order valence-electron chi connectivity index (χ3n) is 8.54. The summed E-state index contributed by atoms with van der Waals surface area (Å²) in [6, 6.07) is 0.837. The Morgan fingerprint density at radius 1 is 0.650 bits per heavy atom. The largest absolute Gasteiger partial charge is 0.388 e. The van der Waals surface area contributed by atoms with Crippen LogP contribution >= 0.6 is 0 Å². The molecule has 0 aliphatic carbocycles. The SMILES string of the molecule is CC(C)(O)CON1C(C)(C)CC(N(CCCCCCN)C2CC(C)(C)N(OCC(C)(C)O)C(C)(C)C2)CC1(C)C. The van der Waals surface area contributed by atoms with Crippen LogP contribution in [0.15, 0.2) is 0 Å². The second-order valence-corrected chi connectivity index (χ2v) is 16.6. The van der Waals surface area contributed by atoms with Crippen molar-refractivity contribution in [1.82, 2.24) is 15.0 Å². The molecule has 0 radical (unpaired) electrons. The van der Waals surface area contributed by atoms with Crippen LogP contribution in [0.5, 0.6) is 0 Å². The van der Waals surface area contributed by atoms with Gasteiger partial charge in [-0.15, -0.1) is 0 Å². The van der Waals surface area contributed by atoms with Crippen molar-refractivity contribution >= 4 is 0 Å². The number of nitrogens with zero attached hydrogens (tertiary/aromatic N) is 3. The van der Waals surface area contributed by atoms with Crippen LogP contribution in [0.4, 0.5) is 0 Å². The van der Waals surface area contributed by atoms with E-state index < -0.39 is 11.2 Å². The molecule has 4 N–H and O–H groups in total. The first-order valence-corrected chi connectivity index (χ1v) is 15.8. The van der Waals surface area contributed by atoms with Gasteiger partial charge in [-0.25, -0.2) is 0 Å².